The highest BCUT2D eigenvalue weighted by molar-refractivity contribution is 5.92. The van der Waals surface area contributed by atoms with Crippen molar-refractivity contribution in [1.29, 1.82) is 0 Å². The molecule has 0 unspecified atom stereocenters. The number of hydrogen-bond acceptors (Lipinski definition) is 4. The topological polar surface area (TPSA) is 78.6 Å². The first kappa shape index (κ1) is 17.5. The van der Waals surface area contributed by atoms with Gasteiger partial charge >= 0.3 is 0 Å². The first-order valence-electron chi connectivity index (χ1n) is 7.48. The van der Waals surface area contributed by atoms with Gasteiger partial charge in [-0.2, -0.15) is 0 Å². The minimum atomic E-state index is 0.00547. The van der Waals surface area contributed by atoms with Crippen molar-refractivity contribution in [2.45, 2.75) is 32.6 Å². The number of carbonyl (C=O) groups is 1. The fraction of sp³-hybridized carbons (Fsp3) is 0.562. The molecular formula is C16H27N3O2. The van der Waals surface area contributed by atoms with Crippen molar-refractivity contribution in [2.75, 3.05) is 37.8 Å². The summed E-state index contributed by atoms with van der Waals surface area (Å²) < 4.78 is 0. The summed E-state index contributed by atoms with van der Waals surface area (Å²) in [6.45, 7) is 3.88. The summed E-state index contributed by atoms with van der Waals surface area (Å²) in [7, 11) is 2.01. The van der Waals surface area contributed by atoms with Crippen LogP contribution in [0.5, 0.6) is 0 Å². The monoisotopic (exact) mass is 293 g/mol. The van der Waals surface area contributed by atoms with Crippen LogP contribution in [-0.2, 0) is 4.79 Å². The van der Waals surface area contributed by atoms with Crippen molar-refractivity contribution in [1.82, 2.24) is 4.90 Å². The van der Waals surface area contributed by atoms with Crippen molar-refractivity contribution in [3.63, 3.8) is 0 Å². The van der Waals surface area contributed by atoms with Gasteiger partial charge in [-0.15, -0.1) is 0 Å². The summed E-state index contributed by atoms with van der Waals surface area (Å²) in [5.74, 6) is 0.00547. The number of rotatable bonds is 9. The molecule has 21 heavy (non-hydrogen) atoms. The quantitative estimate of drug-likeness (QED) is 0.480. The molecule has 0 aliphatic carbocycles. The number of nitrogens with two attached hydrogens (primary N) is 1. The number of aliphatic hydroxyl groups is 1. The van der Waals surface area contributed by atoms with Crippen LogP contribution in [-0.4, -0.2) is 42.7 Å². The molecule has 1 rings (SSSR count). The van der Waals surface area contributed by atoms with E-state index in [0.717, 1.165) is 43.6 Å². The highest BCUT2D eigenvalue weighted by Gasteiger charge is 2.07. The van der Waals surface area contributed by atoms with Gasteiger partial charge < -0.3 is 21.1 Å². The maximum atomic E-state index is 11.9. The van der Waals surface area contributed by atoms with Gasteiger partial charge in [-0.3, -0.25) is 4.79 Å². The first-order chi connectivity index (χ1) is 10.0. The van der Waals surface area contributed by atoms with E-state index in [4.69, 9.17) is 10.8 Å². The minimum absolute atomic E-state index is 0.00547. The molecule has 0 spiro atoms. The average Bonchev–Trinajstić information content (AvgIpc) is 2.45. The van der Waals surface area contributed by atoms with E-state index in [9.17, 15) is 4.79 Å². The molecule has 0 saturated carbocycles. The first-order valence-corrected chi connectivity index (χ1v) is 7.48. The van der Waals surface area contributed by atoms with Crippen LogP contribution >= 0.6 is 0 Å². The number of aliphatic hydroxyl groups excluding tert-OH is 1. The molecular weight excluding hydrogens is 266 g/mol. The fourth-order valence-corrected chi connectivity index (χ4v) is 2.06. The maximum Gasteiger partial charge on any atom is 0.225 e. The van der Waals surface area contributed by atoms with E-state index in [2.05, 4.69) is 10.2 Å². The van der Waals surface area contributed by atoms with Crippen LogP contribution in [0.4, 0.5) is 11.4 Å². The van der Waals surface area contributed by atoms with Gasteiger partial charge in [0.05, 0.1) is 0 Å². The van der Waals surface area contributed by atoms with Gasteiger partial charge in [0.25, 0.3) is 0 Å². The Bertz CT molecular complexity index is 449. The molecule has 118 valence electrons. The Morgan fingerprint density at radius 3 is 2.76 bits per heavy atom. The van der Waals surface area contributed by atoms with Crippen molar-refractivity contribution >= 4 is 17.3 Å². The summed E-state index contributed by atoms with van der Waals surface area (Å²) in [5.41, 5.74) is 8.17. The molecule has 1 aromatic rings. The summed E-state index contributed by atoms with van der Waals surface area (Å²) in [4.78, 5) is 14.1. The second-order valence-electron chi connectivity index (χ2n) is 5.46. The van der Waals surface area contributed by atoms with Gasteiger partial charge in [0.1, 0.15) is 0 Å². The van der Waals surface area contributed by atoms with E-state index in [1.54, 1.807) is 6.07 Å². The molecule has 5 heteroatoms. The molecule has 0 heterocycles. The van der Waals surface area contributed by atoms with E-state index in [0.29, 0.717) is 12.1 Å². The number of amides is 1. The zero-order valence-electron chi connectivity index (χ0n) is 13.1. The molecule has 0 radical (unpaired) electrons. The van der Waals surface area contributed by atoms with E-state index in [1.165, 1.54) is 0 Å². The second kappa shape index (κ2) is 9.37. The molecule has 1 aromatic carbocycles. The summed E-state index contributed by atoms with van der Waals surface area (Å²) in [6.07, 6.45) is 3.39. The van der Waals surface area contributed by atoms with Gasteiger partial charge in [-0.25, -0.2) is 0 Å². The number of hydrogen-bond donors (Lipinski definition) is 3. The molecule has 0 saturated heterocycles. The van der Waals surface area contributed by atoms with E-state index in [-0.39, 0.29) is 12.5 Å². The summed E-state index contributed by atoms with van der Waals surface area (Å²) in [5, 5.41) is 11.6. The Hall–Kier alpha value is -1.59. The SMILES string of the molecule is Cc1ccc(N)cc1NC(=O)CCN(C)CCCCCO. The Morgan fingerprint density at radius 2 is 2.05 bits per heavy atom. The van der Waals surface area contributed by atoms with E-state index in [1.807, 2.05) is 26.1 Å². The number of nitrogens with zero attached hydrogens (tertiary/aromatic N) is 1. The van der Waals surface area contributed by atoms with Crippen molar-refractivity contribution in [2.24, 2.45) is 0 Å². The standard InChI is InChI=1S/C16H27N3O2/c1-13-6-7-14(17)12-15(13)18-16(21)8-10-19(2)9-4-3-5-11-20/h6-7,12,20H,3-5,8-11,17H2,1-2H3,(H,18,21). The molecule has 0 aliphatic heterocycles. The average molecular weight is 293 g/mol. The van der Waals surface area contributed by atoms with E-state index < -0.39 is 0 Å². The summed E-state index contributed by atoms with van der Waals surface area (Å²) in [6, 6.07) is 5.51. The van der Waals surface area contributed by atoms with Crippen LogP contribution in [0.1, 0.15) is 31.2 Å². The third kappa shape index (κ3) is 7.11. The molecule has 0 atom stereocenters. The third-order valence-corrected chi connectivity index (χ3v) is 3.45. The van der Waals surface area contributed by atoms with Crippen LogP contribution in [0.25, 0.3) is 0 Å². The number of aryl methyl sites for hydroxylation is 1. The van der Waals surface area contributed by atoms with Gasteiger partial charge in [-0.1, -0.05) is 6.07 Å². The fourth-order valence-electron chi connectivity index (χ4n) is 2.06. The second-order valence-corrected chi connectivity index (χ2v) is 5.46. The Balaban J connectivity index is 2.29. The van der Waals surface area contributed by atoms with Crippen molar-refractivity contribution < 1.29 is 9.90 Å². The van der Waals surface area contributed by atoms with Crippen molar-refractivity contribution in [3.8, 4) is 0 Å². The number of unbranched alkanes of at least 4 members (excludes halogenated alkanes) is 2. The Kier molecular flexibility index (Phi) is 7.79. The highest BCUT2D eigenvalue weighted by atomic mass is 16.2. The lowest BCUT2D eigenvalue weighted by Gasteiger charge is -2.16. The van der Waals surface area contributed by atoms with Crippen LogP contribution in [0.3, 0.4) is 0 Å². The van der Waals surface area contributed by atoms with Crippen molar-refractivity contribution in [3.05, 3.63) is 23.8 Å². The van der Waals surface area contributed by atoms with Gasteiger partial charge in [-0.05, 0) is 57.5 Å². The lowest BCUT2D eigenvalue weighted by Crippen LogP contribution is -2.25. The molecule has 0 fully saturated rings. The van der Waals surface area contributed by atoms with Crippen LogP contribution in [0.2, 0.25) is 0 Å². The number of carbonyl (C=O) groups excluding carboxylic acids is 1. The van der Waals surface area contributed by atoms with E-state index >= 15 is 0 Å². The zero-order valence-corrected chi connectivity index (χ0v) is 13.1. The normalized spacial score (nSPS) is 10.9. The Morgan fingerprint density at radius 1 is 1.29 bits per heavy atom. The van der Waals surface area contributed by atoms with Gasteiger partial charge in [0.15, 0.2) is 0 Å². The minimum Gasteiger partial charge on any atom is -0.399 e. The molecule has 4 N–H and O–H groups in total. The molecule has 0 aromatic heterocycles. The lowest BCUT2D eigenvalue weighted by atomic mass is 10.2. The third-order valence-electron chi connectivity index (χ3n) is 3.45. The zero-order chi connectivity index (χ0) is 15.7. The van der Waals surface area contributed by atoms with Crippen LogP contribution in [0.15, 0.2) is 18.2 Å². The Labute approximate surface area is 127 Å². The number of nitrogen functional groups attached to an aromatic ring is 1. The van der Waals surface area contributed by atoms with Crippen LogP contribution < -0.4 is 11.1 Å². The predicted molar refractivity (Wildman–Crippen MR) is 87.3 cm³/mol. The smallest absolute Gasteiger partial charge is 0.225 e. The number of nitrogens with one attached hydrogen (secondary N) is 1. The van der Waals surface area contributed by atoms with Crippen LogP contribution in [0, 0.1) is 6.92 Å². The lowest BCUT2D eigenvalue weighted by molar-refractivity contribution is -0.116. The molecule has 0 bridgehead atoms. The molecule has 1 amide bonds. The number of anilines is 2. The molecule has 5 nitrogen and oxygen atoms in total. The largest absolute Gasteiger partial charge is 0.399 e. The maximum absolute atomic E-state index is 11.9. The highest BCUT2D eigenvalue weighted by Crippen LogP contribution is 2.18. The number of benzene rings is 1. The molecule has 0 aliphatic rings. The predicted octanol–water partition coefficient (Wildman–Crippen LogP) is 2.00. The van der Waals surface area contributed by atoms with Gasteiger partial charge in [0.2, 0.25) is 5.91 Å². The van der Waals surface area contributed by atoms with Gasteiger partial charge in [0, 0.05) is 30.9 Å². The summed E-state index contributed by atoms with van der Waals surface area (Å²) >= 11 is 0.